The average Bonchev–Trinajstić information content (AvgIpc) is 2.73. The lowest BCUT2D eigenvalue weighted by Crippen LogP contribution is -2.64. The van der Waals surface area contributed by atoms with Crippen LogP contribution in [0.2, 0.25) is 0 Å². The van der Waals surface area contributed by atoms with Crippen molar-refractivity contribution in [1.82, 2.24) is 0 Å². The van der Waals surface area contributed by atoms with Crippen molar-refractivity contribution in [1.29, 1.82) is 0 Å². The molecule has 0 aromatic rings. The minimum Gasteiger partial charge on any atom is -0.479 e. The summed E-state index contributed by atoms with van der Waals surface area (Å²) in [5.41, 5.74) is 0. The molecule has 0 aromatic carbocycles. The molecule has 0 bridgehead atoms. The highest BCUT2D eigenvalue weighted by atomic mass is 16.7. The number of aliphatic hydroxyl groups excluding tert-OH is 8. The first-order chi connectivity index (χ1) is 14.5. The second-order valence-corrected chi connectivity index (χ2v) is 7.48. The summed E-state index contributed by atoms with van der Waals surface area (Å²) in [6, 6.07) is 0. The van der Waals surface area contributed by atoms with Gasteiger partial charge in [-0.05, 0) is 0 Å². The van der Waals surface area contributed by atoms with Crippen molar-refractivity contribution in [3.63, 3.8) is 0 Å². The Kier molecular flexibility index (Phi) is 7.80. The van der Waals surface area contributed by atoms with E-state index in [2.05, 4.69) is 0 Å². The first kappa shape index (κ1) is 24.6. The van der Waals surface area contributed by atoms with E-state index in [9.17, 15) is 45.6 Å². The van der Waals surface area contributed by atoms with Crippen LogP contribution in [0.1, 0.15) is 0 Å². The highest BCUT2D eigenvalue weighted by molar-refractivity contribution is 5.73. The molecule has 3 fully saturated rings. The molecule has 15 nitrogen and oxygen atoms in total. The quantitative estimate of drug-likeness (QED) is 0.186. The maximum atomic E-state index is 11.2. The van der Waals surface area contributed by atoms with Crippen LogP contribution in [-0.2, 0) is 28.5 Å². The average molecular weight is 458 g/mol. The van der Waals surface area contributed by atoms with Crippen LogP contribution in [0.25, 0.3) is 0 Å². The van der Waals surface area contributed by atoms with Gasteiger partial charge in [0.2, 0.25) is 0 Å². The maximum absolute atomic E-state index is 11.2. The summed E-state index contributed by atoms with van der Waals surface area (Å²) in [7, 11) is 0. The van der Waals surface area contributed by atoms with E-state index in [1.54, 1.807) is 0 Å². The van der Waals surface area contributed by atoms with Gasteiger partial charge in [0.15, 0.2) is 25.0 Å². The molecule has 3 heterocycles. The van der Waals surface area contributed by atoms with Gasteiger partial charge in [-0.2, -0.15) is 0 Å². The minimum absolute atomic E-state index is 0.387. The van der Waals surface area contributed by atoms with Gasteiger partial charge in [-0.3, -0.25) is 0 Å². The number of ether oxygens (including phenoxy) is 5. The lowest BCUT2D eigenvalue weighted by molar-refractivity contribution is -0.362. The highest BCUT2D eigenvalue weighted by Gasteiger charge is 2.51. The monoisotopic (exact) mass is 458 g/mol. The summed E-state index contributed by atoms with van der Waals surface area (Å²) in [6.45, 7) is -0.827. The number of hydrogen-bond acceptors (Lipinski definition) is 14. The van der Waals surface area contributed by atoms with E-state index in [0.29, 0.717) is 0 Å². The fourth-order valence-electron chi connectivity index (χ4n) is 3.44. The topological polar surface area (TPSA) is 245 Å². The van der Waals surface area contributed by atoms with E-state index >= 15 is 0 Å². The third kappa shape index (κ3) is 4.98. The Balaban J connectivity index is 1.75. The van der Waals surface area contributed by atoms with Crippen molar-refractivity contribution in [2.24, 2.45) is 0 Å². The van der Waals surface area contributed by atoms with E-state index in [-0.39, 0.29) is 6.61 Å². The van der Waals surface area contributed by atoms with Crippen molar-refractivity contribution in [3.05, 3.63) is 0 Å². The lowest BCUT2D eigenvalue weighted by atomic mass is 9.98. The van der Waals surface area contributed by atoms with Crippen molar-refractivity contribution in [2.45, 2.75) is 79.9 Å². The Bertz CT molecular complexity index is 620. The fourth-order valence-corrected chi connectivity index (χ4v) is 3.44. The van der Waals surface area contributed by atoms with Gasteiger partial charge in [0.25, 0.3) is 0 Å². The molecule has 9 N–H and O–H groups in total. The Labute approximate surface area is 174 Å². The van der Waals surface area contributed by atoms with Crippen molar-refractivity contribution >= 4 is 5.97 Å². The maximum Gasteiger partial charge on any atom is 0.335 e. The molecule has 3 aliphatic rings. The molecule has 0 radical (unpaired) electrons. The summed E-state index contributed by atoms with van der Waals surface area (Å²) in [5, 5.41) is 88.2. The van der Waals surface area contributed by atoms with Gasteiger partial charge in [0.1, 0.15) is 54.9 Å². The molecule has 15 heteroatoms. The van der Waals surface area contributed by atoms with Gasteiger partial charge >= 0.3 is 5.97 Å². The summed E-state index contributed by atoms with van der Waals surface area (Å²) >= 11 is 0. The molecule has 3 saturated heterocycles. The molecule has 0 spiro atoms. The van der Waals surface area contributed by atoms with E-state index in [1.165, 1.54) is 0 Å². The molecular weight excluding hydrogens is 432 g/mol. The first-order valence-corrected chi connectivity index (χ1v) is 9.39. The normalized spacial score (nSPS) is 51.4. The molecule has 0 saturated carbocycles. The third-order valence-corrected chi connectivity index (χ3v) is 5.29. The first-order valence-electron chi connectivity index (χ1n) is 9.39. The molecule has 3 rings (SSSR count). The number of carbonyl (C=O) groups is 1. The summed E-state index contributed by atoms with van der Waals surface area (Å²) in [6.07, 6.45) is -22.4. The van der Waals surface area contributed by atoms with Crippen LogP contribution in [-0.4, -0.2) is 145 Å². The Morgan fingerprint density at radius 2 is 1.35 bits per heavy atom. The number of rotatable bonds is 5. The summed E-state index contributed by atoms with van der Waals surface area (Å²) in [4.78, 5) is 11.2. The number of aliphatic hydroxyl groups is 8. The zero-order chi connectivity index (χ0) is 23.0. The SMILES string of the molecule is O=C(O)[C@H]1O[C@@H](O[C@@H]2[C@@H](O)[C@H](O)OC[C@H]2O[C@@H]2OC[C@@H](O)[C@H](O)[C@H]2O)[C@H](O)[C@@H](O)[C@@H]1O. The third-order valence-electron chi connectivity index (χ3n) is 5.29. The van der Waals surface area contributed by atoms with Crippen LogP contribution in [0.15, 0.2) is 0 Å². The molecule has 0 amide bonds. The van der Waals surface area contributed by atoms with Gasteiger partial charge in [-0.25, -0.2) is 4.79 Å². The Morgan fingerprint density at radius 3 is 2.00 bits per heavy atom. The number of carboxylic acids is 1. The highest BCUT2D eigenvalue weighted by Crippen LogP contribution is 2.29. The van der Waals surface area contributed by atoms with Crippen molar-refractivity contribution in [2.75, 3.05) is 13.2 Å². The largest absolute Gasteiger partial charge is 0.479 e. The van der Waals surface area contributed by atoms with Gasteiger partial charge in [0, 0.05) is 0 Å². The van der Waals surface area contributed by atoms with Crippen LogP contribution in [0.3, 0.4) is 0 Å². The summed E-state index contributed by atoms with van der Waals surface area (Å²) < 4.78 is 25.9. The molecule has 13 atom stereocenters. The fraction of sp³-hybridized carbons (Fsp3) is 0.938. The summed E-state index contributed by atoms with van der Waals surface area (Å²) in [5.74, 6) is -1.65. The molecule has 0 unspecified atom stereocenters. The Morgan fingerprint density at radius 1 is 0.710 bits per heavy atom. The molecule has 31 heavy (non-hydrogen) atoms. The number of aliphatic carboxylic acids is 1. The van der Waals surface area contributed by atoms with Crippen LogP contribution in [0, 0.1) is 0 Å². The van der Waals surface area contributed by atoms with E-state index in [1.807, 2.05) is 0 Å². The molecule has 0 aliphatic carbocycles. The second kappa shape index (κ2) is 9.84. The predicted molar refractivity (Wildman–Crippen MR) is 89.8 cm³/mol. The predicted octanol–water partition coefficient (Wildman–Crippen LogP) is -6.20. The number of hydrogen-bond donors (Lipinski definition) is 9. The molecule has 0 aromatic heterocycles. The van der Waals surface area contributed by atoms with E-state index < -0.39 is 92.5 Å². The van der Waals surface area contributed by atoms with Crippen LogP contribution in [0.5, 0.6) is 0 Å². The van der Waals surface area contributed by atoms with Gasteiger partial charge in [0.05, 0.1) is 13.2 Å². The second-order valence-electron chi connectivity index (χ2n) is 7.48. The lowest BCUT2D eigenvalue weighted by Gasteiger charge is -2.45. The Hall–Kier alpha value is -1.05. The van der Waals surface area contributed by atoms with Crippen LogP contribution < -0.4 is 0 Å². The number of carboxylic acid groups (broad SMARTS) is 1. The van der Waals surface area contributed by atoms with Crippen molar-refractivity contribution in [3.8, 4) is 0 Å². The van der Waals surface area contributed by atoms with Crippen LogP contribution >= 0.6 is 0 Å². The zero-order valence-electron chi connectivity index (χ0n) is 15.9. The smallest absolute Gasteiger partial charge is 0.335 e. The molecule has 3 aliphatic heterocycles. The van der Waals surface area contributed by atoms with Crippen LogP contribution in [0.4, 0.5) is 0 Å². The zero-order valence-corrected chi connectivity index (χ0v) is 15.9. The van der Waals surface area contributed by atoms with E-state index in [0.717, 1.165) is 0 Å². The minimum atomic E-state index is -1.97. The van der Waals surface area contributed by atoms with Gasteiger partial charge in [-0.1, -0.05) is 0 Å². The van der Waals surface area contributed by atoms with Crippen molar-refractivity contribution < 1.29 is 74.4 Å². The van der Waals surface area contributed by atoms with E-state index in [4.69, 9.17) is 28.8 Å². The van der Waals surface area contributed by atoms with Gasteiger partial charge < -0.3 is 69.6 Å². The standard InChI is InChI=1S/C16H26O15/c17-3-1-28-15(8(21)5(3)18)29-4-2-27-14(26)10(23)11(4)30-16-9(22)6(19)7(20)12(31-16)13(24)25/h3-12,14-23,26H,1-2H2,(H,24,25)/t3-,4-,5+,6+,7+,8-,9-,10-,11+,12+,14-,15+,16-/m1/s1. The molecular formula is C16H26O15. The van der Waals surface area contributed by atoms with Gasteiger partial charge in [-0.15, -0.1) is 0 Å². The molecule has 180 valence electrons.